The van der Waals surface area contributed by atoms with Crippen molar-refractivity contribution in [2.24, 2.45) is 0 Å². The van der Waals surface area contributed by atoms with Crippen molar-refractivity contribution >= 4 is 0 Å². The van der Waals surface area contributed by atoms with Gasteiger partial charge in [0.25, 0.3) is 0 Å². The number of ether oxygens (including phenoxy) is 2. The second kappa shape index (κ2) is 8.66. The molecule has 2 aromatic rings. The van der Waals surface area contributed by atoms with Crippen LogP contribution in [0.1, 0.15) is 24.5 Å². The van der Waals surface area contributed by atoms with E-state index in [1.807, 2.05) is 48.5 Å². The van der Waals surface area contributed by atoms with Gasteiger partial charge in [-0.2, -0.15) is 0 Å². The molecule has 0 radical (unpaired) electrons. The number of hydrogen-bond donors (Lipinski definition) is 0. The molecule has 2 rings (SSSR count). The summed E-state index contributed by atoms with van der Waals surface area (Å²) in [7, 11) is 0. The van der Waals surface area contributed by atoms with Crippen molar-refractivity contribution in [1.82, 2.24) is 0 Å². The van der Waals surface area contributed by atoms with Crippen LogP contribution in [0.25, 0.3) is 0 Å². The summed E-state index contributed by atoms with van der Waals surface area (Å²) in [4.78, 5) is 0. The van der Waals surface area contributed by atoms with Crippen LogP contribution in [0.5, 0.6) is 0 Å². The molecule has 0 heterocycles. The van der Waals surface area contributed by atoms with E-state index in [-0.39, 0.29) is 0 Å². The van der Waals surface area contributed by atoms with Crippen LogP contribution in [-0.2, 0) is 22.5 Å². The van der Waals surface area contributed by atoms with Crippen LogP contribution < -0.4 is 0 Å². The zero-order chi connectivity index (χ0) is 15.7. The van der Waals surface area contributed by atoms with E-state index in [2.05, 4.69) is 12.1 Å². The molecule has 0 aliphatic carbocycles. The number of hydrogen-bond acceptors (Lipinski definition) is 2. The number of rotatable bonds is 9. The van der Waals surface area contributed by atoms with Gasteiger partial charge in [-0.05, 0) is 30.9 Å². The maximum atomic E-state index is 13.2. The first-order valence-corrected chi connectivity index (χ1v) is 7.63. The highest BCUT2D eigenvalue weighted by Crippen LogP contribution is 2.17. The average Bonchev–Trinajstić information content (AvgIpc) is 2.59. The molecule has 22 heavy (non-hydrogen) atoms. The third-order valence-electron chi connectivity index (χ3n) is 3.49. The molecule has 2 aromatic carbocycles. The molecule has 118 valence electrons. The number of benzene rings is 2. The Morgan fingerprint density at radius 1 is 0.864 bits per heavy atom. The molecule has 0 aliphatic heterocycles. The summed E-state index contributed by atoms with van der Waals surface area (Å²) in [5.74, 6) is -1.17. The van der Waals surface area contributed by atoms with Gasteiger partial charge in [0, 0.05) is 0 Å². The number of alkyl halides is 1. The van der Waals surface area contributed by atoms with E-state index in [9.17, 15) is 4.39 Å². The third-order valence-corrected chi connectivity index (χ3v) is 3.49. The first-order valence-electron chi connectivity index (χ1n) is 7.63. The maximum Gasteiger partial charge on any atom is 0.194 e. The number of aryl methyl sites for hydroxylation is 1. The Morgan fingerprint density at radius 3 is 2.05 bits per heavy atom. The Bertz CT molecular complexity index is 530. The van der Waals surface area contributed by atoms with Crippen LogP contribution in [0.2, 0.25) is 0 Å². The summed E-state index contributed by atoms with van der Waals surface area (Å²) in [6, 6.07) is 19.9. The topological polar surface area (TPSA) is 18.5 Å². The monoisotopic (exact) mass is 302 g/mol. The molecular weight excluding hydrogens is 279 g/mol. The fourth-order valence-corrected chi connectivity index (χ4v) is 2.14. The van der Waals surface area contributed by atoms with Gasteiger partial charge in [-0.25, -0.2) is 4.39 Å². The summed E-state index contributed by atoms with van der Waals surface area (Å²) in [6.07, 6.45) is 1.76. The van der Waals surface area contributed by atoms with Crippen LogP contribution in [0.4, 0.5) is 4.39 Å². The second-order valence-electron chi connectivity index (χ2n) is 5.48. The van der Waals surface area contributed by atoms with E-state index >= 15 is 0 Å². The van der Waals surface area contributed by atoms with Gasteiger partial charge in [-0.3, -0.25) is 0 Å². The van der Waals surface area contributed by atoms with Gasteiger partial charge < -0.3 is 9.47 Å². The highest BCUT2D eigenvalue weighted by atomic mass is 19.1. The Balaban J connectivity index is 1.73. The van der Waals surface area contributed by atoms with Crippen molar-refractivity contribution in [2.45, 2.75) is 32.2 Å². The molecule has 0 saturated heterocycles. The van der Waals surface area contributed by atoms with Crippen molar-refractivity contribution in [3.8, 4) is 0 Å². The lowest BCUT2D eigenvalue weighted by Gasteiger charge is -2.27. The minimum absolute atomic E-state index is 0.347. The molecule has 0 fully saturated rings. The first kappa shape index (κ1) is 16.7. The van der Waals surface area contributed by atoms with Crippen molar-refractivity contribution < 1.29 is 13.9 Å². The van der Waals surface area contributed by atoms with E-state index in [1.54, 1.807) is 6.92 Å². The minimum Gasteiger partial charge on any atom is -0.348 e. The van der Waals surface area contributed by atoms with E-state index in [4.69, 9.17) is 9.47 Å². The summed E-state index contributed by atoms with van der Waals surface area (Å²) in [5.41, 5.74) is 2.27. The molecule has 1 unspecified atom stereocenters. The van der Waals surface area contributed by atoms with Gasteiger partial charge in [0.05, 0.1) is 13.2 Å². The van der Waals surface area contributed by atoms with E-state index in [1.165, 1.54) is 5.56 Å². The first-order chi connectivity index (χ1) is 10.7. The fourth-order valence-electron chi connectivity index (χ4n) is 2.14. The van der Waals surface area contributed by atoms with Crippen LogP contribution >= 0.6 is 0 Å². The third kappa shape index (κ3) is 5.58. The quantitative estimate of drug-likeness (QED) is 0.500. The fraction of sp³-hybridized carbons (Fsp3) is 0.368. The van der Waals surface area contributed by atoms with E-state index in [0.717, 1.165) is 18.4 Å². The Labute approximate surface area is 131 Å². The van der Waals surface area contributed by atoms with Gasteiger partial charge in [-0.15, -0.1) is 0 Å². The maximum absolute atomic E-state index is 13.2. The van der Waals surface area contributed by atoms with Gasteiger partial charge >= 0.3 is 0 Å². The van der Waals surface area contributed by atoms with Crippen LogP contribution in [0, 0.1) is 0 Å². The van der Waals surface area contributed by atoms with Gasteiger partial charge in [0.2, 0.25) is 0 Å². The van der Waals surface area contributed by atoms with Crippen molar-refractivity contribution in [2.75, 3.05) is 13.3 Å². The van der Waals surface area contributed by atoms with Gasteiger partial charge in [0.15, 0.2) is 5.79 Å². The van der Waals surface area contributed by atoms with Crippen molar-refractivity contribution in [1.29, 1.82) is 0 Å². The predicted octanol–water partition coefficient (Wildman–Crippen LogP) is 4.54. The van der Waals surface area contributed by atoms with Crippen LogP contribution in [0.15, 0.2) is 60.7 Å². The molecule has 0 aromatic heterocycles. The minimum atomic E-state index is -1.17. The lowest BCUT2D eigenvalue weighted by Crippen LogP contribution is -2.35. The van der Waals surface area contributed by atoms with Crippen LogP contribution in [0.3, 0.4) is 0 Å². The number of halogens is 1. The Hall–Kier alpha value is -1.71. The molecule has 0 spiro atoms. The molecule has 0 aliphatic rings. The van der Waals surface area contributed by atoms with Gasteiger partial charge in [-0.1, -0.05) is 60.7 Å². The summed E-state index contributed by atoms with van der Waals surface area (Å²) < 4.78 is 24.5. The predicted molar refractivity (Wildman–Crippen MR) is 86.3 cm³/mol. The van der Waals surface area contributed by atoms with Crippen molar-refractivity contribution in [3.63, 3.8) is 0 Å². The second-order valence-corrected chi connectivity index (χ2v) is 5.48. The zero-order valence-corrected chi connectivity index (χ0v) is 13.0. The molecule has 2 nitrogen and oxygen atoms in total. The molecule has 0 N–H and O–H groups in total. The highest BCUT2D eigenvalue weighted by molar-refractivity contribution is 5.14. The molecular formula is C19H23FO2. The lowest BCUT2D eigenvalue weighted by molar-refractivity contribution is -0.239. The smallest absolute Gasteiger partial charge is 0.194 e. The van der Waals surface area contributed by atoms with Crippen molar-refractivity contribution in [3.05, 3.63) is 71.8 Å². The van der Waals surface area contributed by atoms with E-state index < -0.39 is 12.5 Å². The standard InChI is InChI=1S/C19H23FO2/c1-19(16-20,22-15-18-11-6-3-7-12-18)21-14-8-13-17-9-4-2-5-10-17/h2-7,9-12H,8,13-16H2,1H3. The molecule has 1 atom stereocenters. The largest absolute Gasteiger partial charge is 0.348 e. The average molecular weight is 302 g/mol. The molecule has 0 saturated carbocycles. The Morgan fingerprint density at radius 2 is 1.45 bits per heavy atom. The van der Waals surface area contributed by atoms with E-state index in [0.29, 0.717) is 13.2 Å². The SMILES string of the molecule is CC(CF)(OCCCc1ccccc1)OCc1ccccc1. The Kier molecular flexibility index (Phi) is 6.56. The zero-order valence-electron chi connectivity index (χ0n) is 13.0. The summed E-state index contributed by atoms with van der Waals surface area (Å²) in [6.45, 7) is 1.81. The van der Waals surface area contributed by atoms with Gasteiger partial charge in [0.1, 0.15) is 6.67 Å². The molecule has 0 bridgehead atoms. The highest BCUT2D eigenvalue weighted by Gasteiger charge is 2.25. The summed E-state index contributed by atoms with van der Waals surface area (Å²) >= 11 is 0. The summed E-state index contributed by atoms with van der Waals surface area (Å²) in [5, 5.41) is 0. The molecule has 0 amide bonds. The normalized spacial score (nSPS) is 13.7. The molecule has 3 heteroatoms. The lowest BCUT2D eigenvalue weighted by atomic mass is 10.1. The van der Waals surface area contributed by atoms with Crippen LogP contribution in [-0.4, -0.2) is 19.1 Å².